The number of hydrogen-bond donors (Lipinski definition) is 2. The van der Waals surface area contributed by atoms with Gasteiger partial charge in [0.25, 0.3) is 5.91 Å². The summed E-state index contributed by atoms with van der Waals surface area (Å²) in [5, 5.41) is 2.35. The first-order chi connectivity index (χ1) is 14.2. The fourth-order valence-electron chi connectivity index (χ4n) is 3.55. The van der Waals surface area contributed by atoms with Gasteiger partial charge in [0.05, 0.1) is 17.2 Å². The number of benzene rings is 2. The zero-order valence-corrected chi connectivity index (χ0v) is 16.7. The van der Waals surface area contributed by atoms with Crippen LogP contribution in [-0.2, 0) is 9.59 Å². The van der Waals surface area contributed by atoms with E-state index in [1.807, 2.05) is 24.3 Å². The number of anilines is 2. The first-order valence-corrected chi connectivity index (χ1v) is 9.71. The van der Waals surface area contributed by atoms with Crippen molar-refractivity contribution < 1.29 is 23.2 Å². The lowest BCUT2D eigenvalue weighted by molar-refractivity contribution is -0.122. The van der Waals surface area contributed by atoms with Crippen molar-refractivity contribution >= 4 is 29.1 Å². The second-order valence-corrected chi connectivity index (χ2v) is 7.44. The molecule has 3 N–H and O–H groups in total. The quantitative estimate of drug-likeness (QED) is 0.755. The number of amides is 3. The van der Waals surface area contributed by atoms with Gasteiger partial charge in [0.2, 0.25) is 11.8 Å². The number of hydrogen-bond acceptors (Lipinski definition) is 3. The van der Waals surface area contributed by atoms with Crippen molar-refractivity contribution in [2.45, 2.75) is 32.6 Å². The van der Waals surface area contributed by atoms with Crippen molar-refractivity contribution in [2.24, 2.45) is 11.7 Å². The number of carbonyl (C=O) groups is 3. The Balaban J connectivity index is 1.80. The van der Waals surface area contributed by atoms with Crippen molar-refractivity contribution in [1.29, 1.82) is 0 Å². The minimum Gasteiger partial charge on any atom is -0.366 e. The van der Waals surface area contributed by atoms with Gasteiger partial charge in [0.15, 0.2) is 0 Å². The molecule has 158 valence electrons. The van der Waals surface area contributed by atoms with E-state index in [-0.39, 0.29) is 30.5 Å². The SMILES string of the molecule is CCC(C)c1ccccc1N1CC(C(=O)Nc2cc(C(N)=O)c(F)cc2F)CC1=O. The van der Waals surface area contributed by atoms with Crippen LogP contribution in [0.25, 0.3) is 0 Å². The summed E-state index contributed by atoms with van der Waals surface area (Å²) in [6, 6.07) is 8.90. The predicted octanol–water partition coefficient (Wildman–Crippen LogP) is 3.57. The fourth-order valence-corrected chi connectivity index (χ4v) is 3.55. The van der Waals surface area contributed by atoms with E-state index in [9.17, 15) is 23.2 Å². The highest BCUT2D eigenvalue weighted by atomic mass is 19.1. The molecule has 1 heterocycles. The Morgan fingerprint density at radius 2 is 1.93 bits per heavy atom. The number of halogens is 2. The molecule has 2 aromatic rings. The Morgan fingerprint density at radius 1 is 1.23 bits per heavy atom. The molecule has 8 heteroatoms. The smallest absolute Gasteiger partial charge is 0.251 e. The van der Waals surface area contributed by atoms with Crippen molar-refractivity contribution in [1.82, 2.24) is 0 Å². The number of carbonyl (C=O) groups excluding carboxylic acids is 3. The van der Waals surface area contributed by atoms with Crippen LogP contribution in [0.4, 0.5) is 20.2 Å². The molecule has 30 heavy (non-hydrogen) atoms. The highest BCUT2D eigenvalue weighted by molar-refractivity contribution is 6.04. The third-order valence-corrected chi connectivity index (χ3v) is 5.45. The van der Waals surface area contributed by atoms with Crippen LogP contribution in [0.1, 0.15) is 48.5 Å². The zero-order valence-electron chi connectivity index (χ0n) is 16.7. The lowest BCUT2D eigenvalue weighted by Gasteiger charge is -2.23. The molecule has 0 saturated carbocycles. The maximum absolute atomic E-state index is 14.1. The van der Waals surface area contributed by atoms with Crippen LogP contribution in [-0.4, -0.2) is 24.3 Å². The van der Waals surface area contributed by atoms with Crippen LogP contribution in [0.5, 0.6) is 0 Å². The van der Waals surface area contributed by atoms with Crippen LogP contribution >= 0.6 is 0 Å². The Bertz CT molecular complexity index is 1010. The molecule has 1 fully saturated rings. The molecule has 0 bridgehead atoms. The van der Waals surface area contributed by atoms with Crippen molar-refractivity contribution in [3.63, 3.8) is 0 Å². The summed E-state index contributed by atoms with van der Waals surface area (Å²) in [7, 11) is 0. The third kappa shape index (κ3) is 4.17. The summed E-state index contributed by atoms with van der Waals surface area (Å²) in [4.78, 5) is 38.1. The van der Waals surface area contributed by atoms with Gasteiger partial charge in [-0.05, 0) is 30.0 Å². The van der Waals surface area contributed by atoms with E-state index >= 15 is 0 Å². The molecule has 1 aliphatic heterocycles. The Kier molecular flexibility index (Phi) is 6.14. The Labute approximate surface area is 173 Å². The van der Waals surface area contributed by atoms with Gasteiger partial charge in [0.1, 0.15) is 11.6 Å². The third-order valence-electron chi connectivity index (χ3n) is 5.45. The van der Waals surface area contributed by atoms with Crippen LogP contribution in [0.15, 0.2) is 36.4 Å². The van der Waals surface area contributed by atoms with E-state index in [1.54, 1.807) is 4.90 Å². The van der Waals surface area contributed by atoms with Gasteiger partial charge >= 0.3 is 0 Å². The molecule has 3 rings (SSSR count). The molecule has 0 radical (unpaired) electrons. The van der Waals surface area contributed by atoms with E-state index in [1.165, 1.54) is 0 Å². The van der Waals surface area contributed by atoms with E-state index in [2.05, 4.69) is 19.2 Å². The first-order valence-electron chi connectivity index (χ1n) is 9.71. The highest BCUT2D eigenvalue weighted by Gasteiger charge is 2.36. The van der Waals surface area contributed by atoms with Crippen LogP contribution in [0.2, 0.25) is 0 Å². The van der Waals surface area contributed by atoms with Crippen molar-refractivity contribution in [3.8, 4) is 0 Å². The van der Waals surface area contributed by atoms with Gasteiger partial charge < -0.3 is 16.0 Å². The first kappa shape index (κ1) is 21.4. The molecule has 2 aromatic carbocycles. The molecule has 0 aliphatic carbocycles. The Morgan fingerprint density at radius 3 is 2.60 bits per heavy atom. The summed E-state index contributed by atoms with van der Waals surface area (Å²) in [6.45, 7) is 4.27. The van der Waals surface area contributed by atoms with E-state index in [0.29, 0.717) is 6.07 Å². The van der Waals surface area contributed by atoms with Crippen LogP contribution in [0, 0.1) is 17.6 Å². The van der Waals surface area contributed by atoms with Gasteiger partial charge in [-0.15, -0.1) is 0 Å². The summed E-state index contributed by atoms with van der Waals surface area (Å²) in [5.41, 5.74) is 5.96. The maximum atomic E-state index is 14.1. The van der Waals surface area contributed by atoms with Crippen LogP contribution < -0.4 is 16.0 Å². The molecule has 6 nitrogen and oxygen atoms in total. The molecule has 1 aliphatic rings. The number of primary amides is 1. The standard InChI is InChI=1S/C22H23F2N3O3/c1-3-12(2)14-6-4-5-7-19(14)27-11-13(8-20(27)28)22(30)26-18-9-15(21(25)29)16(23)10-17(18)24/h4-7,9-10,12-13H,3,8,11H2,1-2H3,(H2,25,29)(H,26,30). The van der Waals surface area contributed by atoms with Gasteiger partial charge in [-0.2, -0.15) is 0 Å². The average molecular weight is 415 g/mol. The molecular weight excluding hydrogens is 392 g/mol. The molecule has 2 atom stereocenters. The molecule has 1 saturated heterocycles. The lowest BCUT2D eigenvalue weighted by Crippen LogP contribution is -2.29. The van der Waals surface area contributed by atoms with Crippen molar-refractivity contribution in [3.05, 3.63) is 59.2 Å². The van der Waals surface area contributed by atoms with E-state index in [0.717, 1.165) is 23.7 Å². The number of rotatable bonds is 6. The molecule has 0 spiro atoms. The summed E-state index contributed by atoms with van der Waals surface area (Å²) >= 11 is 0. The monoisotopic (exact) mass is 415 g/mol. The number of nitrogens with two attached hydrogens (primary N) is 1. The molecule has 2 unspecified atom stereocenters. The second-order valence-electron chi connectivity index (χ2n) is 7.44. The largest absolute Gasteiger partial charge is 0.366 e. The minimum atomic E-state index is -1.11. The van der Waals surface area contributed by atoms with E-state index in [4.69, 9.17) is 5.73 Å². The van der Waals surface area contributed by atoms with Gasteiger partial charge in [-0.1, -0.05) is 32.0 Å². The van der Waals surface area contributed by atoms with Crippen LogP contribution in [0.3, 0.4) is 0 Å². The molecule has 3 amide bonds. The maximum Gasteiger partial charge on any atom is 0.251 e. The lowest BCUT2D eigenvalue weighted by atomic mass is 9.96. The topological polar surface area (TPSA) is 92.5 Å². The van der Waals surface area contributed by atoms with Gasteiger partial charge in [-0.25, -0.2) is 8.78 Å². The summed E-state index contributed by atoms with van der Waals surface area (Å²) < 4.78 is 27.7. The summed E-state index contributed by atoms with van der Waals surface area (Å²) in [6.07, 6.45) is 0.862. The Hall–Kier alpha value is -3.29. The second kappa shape index (κ2) is 8.61. The zero-order chi connectivity index (χ0) is 22.0. The number of nitrogens with zero attached hydrogens (tertiary/aromatic N) is 1. The van der Waals surface area contributed by atoms with Gasteiger partial charge in [-0.3, -0.25) is 14.4 Å². The molecule has 0 aromatic heterocycles. The van der Waals surface area contributed by atoms with Crippen molar-refractivity contribution in [2.75, 3.05) is 16.8 Å². The predicted molar refractivity (Wildman–Crippen MR) is 109 cm³/mol. The highest BCUT2D eigenvalue weighted by Crippen LogP contribution is 2.34. The molecular formula is C22H23F2N3O3. The minimum absolute atomic E-state index is 0.0356. The number of para-hydroxylation sites is 1. The van der Waals surface area contributed by atoms with E-state index < -0.39 is 34.9 Å². The normalized spacial score (nSPS) is 17.1. The number of nitrogens with one attached hydrogen (secondary N) is 1. The fraction of sp³-hybridized carbons (Fsp3) is 0.318. The summed E-state index contributed by atoms with van der Waals surface area (Å²) in [5.74, 6) is -4.50. The van der Waals surface area contributed by atoms with Gasteiger partial charge in [0, 0.05) is 24.7 Å². The average Bonchev–Trinajstić information content (AvgIpc) is 3.10.